The highest BCUT2D eigenvalue weighted by atomic mass is 32.1. The Morgan fingerprint density at radius 1 is 0.862 bits per heavy atom. The van der Waals surface area contributed by atoms with Crippen molar-refractivity contribution < 1.29 is 9.47 Å². The first kappa shape index (κ1) is 17.6. The second-order valence-corrected chi connectivity index (χ2v) is 7.68. The molecule has 0 saturated heterocycles. The molecule has 144 valence electrons. The van der Waals surface area contributed by atoms with Gasteiger partial charge in [-0.15, -0.1) is 11.3 Å². The Balaban J connectivity index is 1.50. The number of fused-ring (bicyclic) bond motifs is 1. The van der Waals surface area contributed by atoms with Crippen molar-refractivity contribution in [3.8, 4) is 38.5 Å². The summed E-state index contributed by atoms with van der Waals surface area (Å²) < 4.78 is 12.8. The molecule has 0 amide bonds. The highest BCUT2D eigenvalue weighted by Crippen LogP contribution is 2.35. The van der Waals surface area contributed by atoms with E-state index >= 15 is 0 Å². The van der Waals surface area contributed by atoms with E-state index in [0.29, 0.717) is 0 Å². The smallest absolute Gasteiger partial charge is 0.148 e. The number of nitrogens with one attached hydrogen (secondary N) is 1. The molecule has 0 aliphatic rings. The van der Waals surface area contributed by atoms with Crippen LogP contribution in [-0.4, -0.2) is 28.8 Å². The number of imidazole rings is 1. The van der Waals surface area contributed by atoms with Crippen LogP contribution in [0.1, 0.15) is 0 Å². The Morgan fingerprint density at radius 2 is 1.62 bits per heavy atom. The molecule has 5 rings (SSSR count). The van der Waals surface area contributed by atoms with Crippen LogP contribution < -0.4 is 9.47 Å². The first-order valence-corrected chi connectivity index (χ1v) is 10.0. The maximum Gasteiger partial charge on any atom is 0.148 e. The molecule has 6 heteroatoms. The Morgan fingerprint density at radius 3 is 2.41 bits per heavy atom. The number of thiophene rings is 1. The van der Waals surface area contributed by atoms with E-state index < -0.39 is 0 Å². The van der Waals surface area contributed by atoms with Crippen LogP contribution in [0.5, 0.6) is 11.5 Å². The van der Waals surface area contributed by atoms with E-state index in [1.807, 2.05) is 30.3 Å². The van der Waals surface area contributed by atoms with E-state index in [1.165, 1.54) is 4.88 Å². The van der Waals surface area contributed by atoms with Crippen LogP contribution in [0.3, 0.4) is 0 Å². The van der Waals surface area contributed by atoms with Gasteiger partial charge in [0.2, 0.25) is 0 Å². The van der Waals surface area contributed by atoms with Crippen molar-refractivity contribution in [2.24, 2.45) is 0 Å². The van der Waals surface area contributed by atoms with E-state index in [9.17, 15) is 0 Å². The average Bonchev–Trinajstić information content (AvgIpc) is 3.51. The van der Waals surface area contributed by atoms with Gasteiger partial charge in [-0.3, -0.25) is 0 Å². The lowest BCUT2D eigenvalue weighted by Gasteiger charge is -2.09. The second kappa shape index (κ2) is 7.14. The van der Waals surface area contributed by atoms with Crippen LogP contribution in [0.15, 0.2) is 72.9 Å². The molecule has 0 unspecified atom stereocenters. The molecule has 0 bridgehead atoms. The van der Waals surface area contributed by atoms with Gasteiger partial charge in [0.05, 0.1) is 40.7 Å². The summed E-state index contributed by atoms with van der Waals surface area (Å²) in [6.07, 6.45) is 2.07. The van der Waals surface area contributed by atoms with Gasteiger partial charge in [0.25, 0.3) is 0 Å². The molecule has 0 aliphatic carbocycles. The molecule has 0 saturated carbocycles. The highest BCUT2D eigenvalue weighted by Gasteiger charge is 2.13. The molecule has 0 aliphatic heterocycles. The standard InChI is InChI=1S/C23H19N3O2S/c1-27-16-7-5-15(6-8-16)26-13-3-4-20(26)21-11-12-22(29-21)23-24-18-10-9-17(28-2)14-19(18)25-23/h3-14H,1-2H3,(H,24,25). The molecule has 1 N–H and O–H groups in total. The van der Waals surface area contributed by atoms with Crippen LogP contribution in [0, 0.1) is 0 Å². The molecular weight excluding hydrogens is 382 g/mol. The Labute approximate surface area is 172 Å². The van der Waals surface area contributed by atoms with Crippen molar-refractivity contribution in [2.45, 2.75) is 0 Å². The van der Waals surface area contributed by atoms with Gasteiger partial charge in [-0.1, -0.05) is 0 Å². The predicted molar refractivity (Wildman–Crippen MR) is 117 cm³/mol. The fourth-order valence-corrected chi connectivity index (χ4v) is 4.36. The van der Waals surface area contributed by atoms with Crippen LogP contribution in [0.2, 0.25) is 0 Å². The number of ether oxygens (including phenoxy) is 2. The first-order valence-electron chi connectivity index (χ1n) is 9.21. The van der Waals surface area contributed by atoms with E-state index in [2.05, 4.69) is 52.1 Å². The monoisotopic (exact) mass is 401 g/mol. The van der Waals surface area contributed by atoms with Gasteiger partial charge in [0.1, 0.15) is 17.3 Å². The van der Waals surface area contributed by atoms with Crippen molar-refractivity contribution in [3.05, 3.63) is 72.9 Å². The molecule has 29 heavy (non-hydrogen) atoms. The molecule has 0 atom stereocenters. The summed E-state index contributed by atoms with van der Waals surface area (Å²) in [4.78, 5) is 10.4. The minimum Gasteiger partial charge on any atom is -0.497 e. The summed E-state index contributed by atoms with van der Waals surface area (Å²) in [5.41, 5.74) is 4.13. The zero-order chi connectivity index (χ0) is 19.8. The molecule has 0 spiro atoms. The fourth-order valence-electron chi connectivity index (χ4n) is 3.38. The van der Waals surface area contributed by atoms with E-state index in [-0.39, 0.29) is 0 Å². The lowest BCUT2D eigenvalue weighted by atomic mass is 10.2. The number of H-pyrrole nitrogens is 1. The van der Waals surface area contributed by atoms with E-state index in [4.69, 9.17) is 14.5 Å². The second-order valence-electron chi connectivity index (χ2n) is 6.59. The average molecular weight is 401 g/mol. The molecule has 0 fully saturated rings. The normalized spacial score (nSPS) is 11.1. The molecule has 3 aromatic heterocycles. The summed E-state index contributed by atoms with van der Waals surface area (Å²) in [6.45, 7) is 0. The Bertz CT molecular complexity index is 1280. The zero-order valence-electron chi connectivity index (χ0n) is 16.0. The number of hydrogen-bond donors (Lipinski definition) is 1. The summed E-state index contributed by atoms with van der Waals surface area (Å²) >= 11 is 1.71. The van der Waals surface area contributed by atoms with Crippen molar-refractivity contribution in [1.82, 2.24) is 14.5 Å². The van der Waals surface area contributed by atoms with Crippen LogP contribution in [0.25, 0.3) is 38.0 Å². The number of nitrogens with zero attached hydrogens (tertiary/aromatic N) is 2. The van der Waals surface area contributed by atoms with Crippen LogP contribution in [0.4, 0.5) is 0 Å². The number of aromatic nitrogens is 3. The number of benzene rings is 2. The minimum atomic E-state index is 0.817. The summed E-state index contributed by atoms with van der Waals surface area (Å²) in [5, 5.41) is 0. The van der Waals surface area contributed by atoms with Gasteiger partial charge < -0.3 is 19.0 Å². The van der Waals surface area contributed by atoms with Crippen LogP contribution >= 0.6 is 11.3 Å². The Kier molecular flexibility index (Phi) is 4.33. The molecule has 5 nitrogen and oxygen atoms in total. The molecule has 5 aromatic rings. The van der Waals surface area contributed by atoms with Gasteiger partial charge in [-0.2, -0.15) is 0 Å². The topological polar surface area (TPSA) is 52.1 Å². The van der Waals surface area contributed by atoms with Gasteiger partial charge in [0, 0.05) is 18.0 Å². The van der Waals surface area contributed by atoms with Gasteiger partial charge in [-0.05, 0) is 60.7 Å². The van der Waals surface area contributed by atoms with Crippen molar-refractivity contribution in [1.29, 1.82) is 0 Å². The summed E-state index contributed by atoms with van der Waals surface area (Å²) in [5.74, 6) is 2.53. The number of hydrogen-bond acceptors (Lipinski definition) is 4. The Hall–Kier alpha value is -3.51. The van der Waals surface area contributed by atoms with Gasteiger partial charge >= 0.3 is 0 Å². The third-order valence-corrected chi connectivity index (χ3v) is 5.99. The quantitative estimate of drug-likeness (QED) is 0.407. The highest BCUT2D eigenvalue weighted by molar-refractivity contribution is 7.18. The minimum absolute atomic E-state index is 0.817. The summed E-state index contributed by atoms with van der Waals surface area (Å²) in [6, 6.07) is 22.4. The predicted octanol–water partition coefficient (Wildman–Crippen LogP) is 5.77. The third kappa shape index (κ3) is 3.17. The number of methoxy groups -OCH3 is 2. The SMILES string of the molecule is COc1ccc(-n2cccc2-c2ccc(-c3nc4ccc(OC)cc4[nH]3)s2)cc1. The van der Waals surface area contributed by atoms with Gasteiger partial charge in [-0.25, -0.2) is 4.98 Å². The third-order valence-electron chi connectivity index (χ3n) is 4.88. The maximum atomic E-state index is 5.30. The largest absolute Gasteiger partial charge is 0.497 e. The maximum absolute atomic E-state index is 5.30. The lowest BCUT2D eigenvalue weighted by molar-refractivity contribution is 0.414. The first-order chi connectivity index (χ1) is 14.2. The van der Waals surface area contributed by atoms with Crippen molar-refractivity contribution >= 4 is 22.4 Å². The molecule has 3 heterocycles. The number of rotatable bonds is 5. The van der Waals surface area contributed by atoms with Crippen molar-refractivity contribution in [3.63, 3.8) is 0 Å². The molecule has 0 radical (unpaired) electrons. The zero-order valence-corrected chi connectivity index (χ0v) is 16.9. The number of aromatic amines is 1. The molecule has 2 aromatic carbocycles. The van der Waals surface area contributed by atoms with E-state index in [1.54, 1.807) is 25.6 Å². The lowest BCUT2D eigenvalue weighted by Crippen LogP contribution is -1.94. The summed E-state index contributed by atoms with van der Waals surface area (Å²) in [7, 11) is 3.35. The van der Waals surface area contributed by atoms with Crippen LogP contribution in [-0.2, 0) is 0 Å². The van der Waals surface area contributed by atoms with Gasteiger partial charge in [0.15, 0.2) is 0 Å². The molecular formula is C23H19N3O2S. The van der Waals surface area contributed by atoms with Crippen molar-refractivity contribution in [2.75, 3.05) is 14.2 Å². The fraction of sp³-hybridized carbons (Fsp3) is 0.0870. The van der Waals surface area contributed by atoms with E-state index in [0.717, 1.165) is 44.6 Å².